The normalized spacial score (nSPS) is 22.7. The number of hydrogen-bond acceptors (Lipinski definition) is 8. The van der Waals surface area contributed by atoms with Crippen LogP contribution < -0.4 is 5.32 Å². The van der Waals surface area contributed by atoms with Crippen molar-refractivity contribution in [2.24, 2.45) is 0 Å². The van der Waals surface area contributed by atoms with Crippen LogP contribution in [0.25, 0.3) is 0 Å². The van der Waals surface area contributed by atoms with E-state index < -0.39 is 49.5 Å². The summed E-state index contributed by atoms with van der Waals surface area (Å²) in [7, 11) is 0. The molecule has 0 radical (unpaired) electrons. The van der Waals surface area contributed by atoms with Crippen LogP contribution in [0.4, 0.5) is 0 Å². The Hall–Kier alpha value is -1.85. The van der Waals surface area contributed by atoms with Gasteiger partial charge in [0.15, 0.2) is 6.29 Å². The zero-order valence-corrected chi connectivity index (χ0v) is 31.4. The molecule has 0 aromatic rings. The smallest absolute Gasteiger partial charge is 0.220 e. The monoisotopic (exact) mass is 708 g/mol. The first-order chi connectivity index (χ1) is 24.3. The van der Waals surface area contributed by atoms with Crippen LogP contribution in [0.1, 0.15) is 149 Å². The lowest BCUT2D eigenvalue weighted by Crippen LogP contribution is -2.60. The largest absolute Gasteiger partial charge is 0.394 e. The lowest BCUT2D eigenvalue weighted by Gasteiger charge is -2.40. The fraction of sp³-hybridized carbons (Fsp3) is 0.780. The quantitative estimate of drug-likeness (QED) is 0.0330. The van der Waals surface area contributed by atoms with Gasteiger partial charge >= 0.3 is 0 Å². The maximum Gasteiger partial charge on any atom is 0.220 e. The summed E-state index contributed by atoms with van der Waals surface area (Å²) in [5, 5.41) is 53.9. The van der Waals surface area contributed by atoms with Gasteiger partial charge in [0.05, 0.1) is 25.4 Å². The molecule has 9 nitrogen and oxygen atoms in total. The summed E-state index contributed by atoms with van der Waals surface area (Å²) < 4.78 is 11.1. The van der Waals surface area contributed by atoms with E-state index in [2.05, 4.69) is 55.6 Å². The summed E-state index contributed by atoms with van der Waals surface area (Å²) in [5.41, 5.74) is 0. The van der Waals surface area contributed by atoms with Crippen LogP contribution in [-0.4, -0.2) is 87.5 Å². The van der Waals surface area contributed by atoms with Crippen molar-refractivity contribution in [1.82, 2.24) is 5.32 Å². The van der Waals surface area contributed by atoms with Crippen LogP contribution in [0, 0.1) is 0 Å². The molecule has 1 fully saturated rings. The Bertz CT molecular complexity index is 920. The molecule has 0 aliphatic carbocycles. The minimum atomic E-state index is -1.57. The summed E-state index contributed by atoms with van der Waals surface area (Å²) in [4.78, 5) is 12.9. The maximum absolute atomic E-state index is 12.9. The molecular formula is C41H73NO8. The van der Waals surface area contributed by atoms with Gasteiger partial charge in [-0.25, -0.2) is 0 Å². The Labute approximate surface area is 303 Å². The Morgan fingerprint density at radius 1 is 0.680 bits per heavy atom. The number of nitrogens with one attached hydrogen (secondary N) is 1. The number of allylic oxidation sites excluding steroid dienone is 7. The number of unbranched alkanes of at least 4 members (excludes halogenated alkanes) is 15. The highest BCUT2D eigenvalue weighted by Crippen LogP contribution is 2.22. The highest BCUT2D eigenvalue weighted by atomic mass is 16.7. The van der Waals surface area contributed by atoms with E-state index in [1.165, 1.54) is 64.2 Å². The molecule has 1 saturated heterocycles. The molecule has 7 atom stereocenters. The Kier molecular flexibility index (Phi) is 29.4. The van der Waals surface area contributed by atoms with Gasteiger partial charge < -0.3 is 40.3 Å². The van der Waals surface area contributed by atoms with Gasteiger partial charge in [-0.15, -0.1) is 0 Å². The van der Waals surface area contributed by atoms with Crippen LogP contribution in [0.3, 0.4) is 0 Å². The van der Waals surface area contributed by atoms with Crippen molar-refractivity contribution in [3.8, 4) is 0 Å². The molecule has 0 aromatic heterocycles. The summed E-state index contributed by atoms with van der Waals surface area (Å²) in [6.45, 7) is 3.67. The fourth-order valence-electron chi connectivity index (χ4n) is 5.85. The highest BCUT2D eigenvalue weighted by Gasteiger charge is 2.44. The molecule has 1 amide bonds. The van der Waals surface area contributed by atoms with Crippen LogP contribution in [0.2, 0.25) is 0 Å². The Balaban J connectivity index is 2.48. The number of aliphatic hydroxyl groups is 5. The topological polar surface area (TPSA) is 149 Å². The average Bonchev–Trinajstić information content (AvgIpc) is 3.11. The first-order valence-electron chi connectivity index (χ1n) is 19.9. The maximum atomic E-state index is 12.9. The van der Waals surface area contributed by atoms with Gasteiger partial charge in [-0.3, -0.25) is 4.79 Å². The predicted octanol–water partition coefficient (Wildman–Crippen LogP) is 7.11. The summed E-state index contributed by atoms with van der Waals surface area (Å²) >= 11 is 0. The number of amides is 1. The van der Waals surface area contributed by atoms with E-state index in [4.69, 9.17) is 9.47 Å². The third-order valence-corrected chi connectivity index (χ3v) is 9.13. The lowest BCUT2D eigenvalue weighted by molar-refractivity contribution is -0.302. The van der Waals surface area contributed by atoms with Crippen molar-refractivity contribution in [1.29, 1.82) is 0 Å². The van der Waals surface area contributed by atoms with Gasteiger partial charge in [0.2, 0.25) is 5.91 Å². The van der Waals surface area contributed by atoms with E-state index in [0.29, 0.717) is 6.42 Å². The second-order valence-corrected chi connectivity index (χ2v) is 13.7. The molecule has 1 aliphatic heterocycles. The van der Waals surface area contributed by atoms with Gasteiger partial charge in [-0.05, 0) is 64.2 Å². The van der Waals surface area contributed by atoms with Crippen LogP contribution in [0.15, 0.2) is 48.6 Å². The first kappa shape index (κ1) is 46.2. The highest BCUT2D eigenvalue weighted by molar-refractivity contribution is 5.76. The predicted molar refractivity (Wildman–Crippen MR) is 203 cm³/mol. The molecule has 0 bridgehead atoms. The van der Waals surface area contributed by atoms with Crippen molar-refractivity contribution < 1.29 is 39.8 Å². The zero-order chi connectivity index (χ0) is 36.7. The van der Waals surface area contributed by atoms with Crippen LogP contribution >= 0.6 is 0 Å². The van der Waals surface area contributed by atoms with Crippen molar-refractivity contribution >= 4 is 5.91 Å². The zero-order valence-electron chi connectivity index (χ0n) is 31.4. The van der Waals surface area contributed by atoms with Crippen LogP contribution in [-0.2, 0) is 14.3 Å². The van der Waals surface area contributed by atoms with E-state index in [-0.39, 0.29) is 12.5 Å². The molecule has 1 heterocycles. The average molecular weight is 708 g/mol. The number of carbonyl (C=O) groups excluding carboxylic acids is 1. The second kappa shape index (κ2) is 31.9. The van der Waals surface area contributed by atoms with E-state index in [1.54, 1.807) is 6.08 Å². The minimum absolute atomic E-state index is 0.205. The molecule has 6 N–H and O–H groups in total. The number of carbonyl (C=O) groups is 1. The second-order valence-electron chi connectivity index (χ2n) is 13.7. The van der Waals surface area contributed by atoms with Gasteiger partial charge in [0.25, 0.3) is 0 Å². The summed E-state index contributed by atoms with van der Waals surface area (Å²) in [5.74, 6) is -0.205. The summed E-state index contributed by atoms with van der Waals surface area (Å²) in [6, 6.07) is -0.827. The molecule has 7 unspecified atom stereocenters. The van der Waals surface area contributed by atoms with Crippen molar-refractivity contribution in [2.45, 2.75) is 192 Å². The van der Waals surface area contributed by atoms with E-state index in [1.807, 2.05) is 6.08 Å². The molecule has 0 saturated carbocycles. The molecule has 9 heteroatoms. The van der Waals surface area contributed by atoms with E-state index >= 15 is 0 Å². The number of aliphatic hydroxyl groups excluding tert-OH is 5. The first-order valence-corrected chi connectivity index (χ1v) is 19.9. The Morgan fingerprint density at radius 3 is 1.84 bits per heavy atom. The van der Waals surface area contributed by atoms with Gasteiger partial charge in [-0.2, -0.15) is 0 Å². The molecular weight excluding hydrogens is 634 g/mol. The van der Waals surface area contributed by atoms with Crippen LogP contribution in [0.5, 0.6) is 0 Å². The number of ether oxygens (including phenoxy) is 2. The SMILES string of the molecule is CCCCC/C=C\C/C=C\CCCCCCCC(=O)NC(COC1OC(CO)C(O)C(O)C1O)C(O)/C=C/CC/C=C/CCCCCCCC. The standard InChI is InChI=1S/C41H73NO8/c1-3-5-7-9-11-13-15-17-18-19-21-23-25-27-29-31-37(45)42-34(33-49-41-40(48)39(47)38(46)36(32-43)50-41)35(44)30-28-26-24-22-20-16-14-12-10-8-6-4-2/h11,13,17-18,20,22,28,30,34-36,38-41,43-44,46-48H,3-10,12,14-16,19,21,23-27,29,31-33H2,1-2H3,(H,42,45)/b13-11-,18-17-,22-20+,30-28+. The molecule has 0 aromatic carbocycles. The minimum Gasteiger partial charge on any atom is -0.394 e. The van der Waals surface area contributed by atoms with Gasteiger partial charge in [0.1, 0.15) is 24.4 Å². The van der Waals surface area contributed by atoms with Crippen molar-refractivity contribution in [3.63, 3.8) is 0 Å². The van der Waals surface area contributed by atoms with Crippen molar-refractivity contribution in [2.75, 3.05) is 13.2 Å². The van der Waals surface area contributed by atoms with Gasteiger partial charge in [0, 0.05) is 6.42 Å². The third kappa shape index (κ3) is 22.9. The molecule has 50 heavy (non-hydrogen) atoms. The van der Waals surface area contributed by atoms with E-state index in [0.717, 1.165) is 64.2 Å². The number of hydrogen-bond donors (Lipinski definition) is 6. The lowest BCUT2D eigenvalue weighted by atomic mass is 9.99. The van der Waals surface area contributed by atoms with Crippen molar-refractivity contribution in [3.05, 3.63) is 48.6 Å². The van der Waals surface area contributed by atoms with Gasteiger partial charge in [-0.1, -0.05) is 127 Å². The molecule has 0 spiro atoms. The molecule has 1 rings (SSSR count). The molecule has 1 aliphatic rings. The summed E-state index contributed by atoms with van der Waals surface area (Å²) in [6.07, 6.45) is 31.5. The molecule has 290 valence electrons. The van der Waals surface area contributed by atoms with E-state index in [9.17, 15) is 30.3 Å². The number of rotatable bonds is 31. The Morgan fingerprint density at radius 2 is 1.20 bits per heavy atom. The third-order valence-electron chi connectivity index (χ3n) is 9.13. The fourth-order valence-corrected chi connectivity index (χ4v) is 5.85.